The number of anilines is 1. The maximum Gasteiger partial charge on any atom is 0.244 e. The summed E-state index contributed by atoms with van der Waals surface area (Å²) < 4.78 is 29.8. The summed E-state index contributed by atoms with van der Waals surface area (Å²) in [5.74, 6) is -0.155. The van der Waals surface area contributed by atoms with Crippen LogP contribution in [0.5, 0.6) is 0 Å². The van der Waals surface area contributed by atoms with Gasteiger partial charge >= 0.3 is 0 Å². The Morgan fingerprint density at radius 2 is 1.84 bits per heavy atom. The molecule has 0 aromatic carbocycles. The summed E-state index contributed by atoms with van der Waals surface area (Å²) in [7, 11) is -3.59. The standard InChI is InChI=1S/C25H25N7O3S2/c1-16(33)28-25-29-21-7-6-20-22(17-4-2-10-26-14-17)30-32(23(20)24(21)36-25)18-8-12-31(13-9-18)37(34,35)19-5-3-11-27-15-19/h2-5,10-11,14-15,18H,6-9,12-13H2,1H3,(H,28,29,33). The molecule has 0 unspecified atom stereocenters. The fraction of sp³-hybridized carbons (Fsp3) is 0.320. The van der Waals surface area contributed by atoms with E-state index in [9.17, 15) is 13.2 Å². The third-order valence-electron chi connectivity index (χ3n) is 6.79. The van der Waals surface area contributed by atoms with Gasteiger partial charge in [-0.3, -0.25) is 19.4 Å². The van der Waals surface area contributed by atoms with Crippen LogP contribution < -0.4 is 5.32 Å². The largest absolute Gasteiger partial charge is 0.302 e. The van der Waals surface area contributed by atoms with Crippen molar-refractivity contribution < 1.29 is 13.2 Å². The second-order valence-electron chi connectivity index (χ2n) is 9.16. The molecule has 1 saturated heterocycles. The number of fused-ring (bicyclic) bond motifs is 3. The minimum atomic E-state index is -3.59. The molecule has 6 rings (SSSR count). The molecule has 4 aromatic heterocycles. The van der Waals surface area contributed by atoms with Gasteiger partial charge in [0.15, 0.2) is 5.13 Å². The lowest BCUT2D eigenvalue weighted by Gasteiger charge is -2.32. The number of aryl methyl sites for hydroxylation is 1. The van der Waals surface area contributed by atoms with E-state index < -0.39 is 10.0 Å². The highest BCUT2D eigenvalue weighted by Gasteiger charge is 2.35. The summed E-state index contributed by atoms with van der Waals surface area (Å²) in [5, 5.41) is 8.49. The zero-order valence-corrected chi connectivity index (χ0v) is 21.8. The average Bonchev–Trinajstić information content (AvgIpc) is 3.50. The molecular formula is C25H25N7O3S2. The predicted octanol–water partition coefficient (Wildman–Crippen LogP) is 3.55. The van der Waals surface area contributed by atoms with E-state index in [-0.39, 0.29) is 16.8 Å². The van der Waals surface area contributed by atoms with Gasteiger partial charge in [0.1, 0.15) is 4.90 Å². The number of hydrogen-bond acceptors (Lipinski definition) is 8. The van der Waals surface area contributed by atoms with Gasteiger partial charge in [0, 0.05) is 55.9 Å². The highest BCUT2D eigenvalue weighted by Crippen LogP contribution is 2.45. The van der Waals surface area contributed by atoms with Crippen LogP contribution in [-0.4, -0.2) is 56.5 Å². The normalized spacial score (nSPS) is 16.2. The van der Waals surface area contributed by atoms with E-state index in [1.165, 1.54) is 28.8 Å². The first-order chi connectivity index (χ1) is 17.9. The average molecular weight is 536 g/mol. The number of rotatable bonds is 5. The lowest BCUT2D eigenvalue weighted by atomic mass is 9.95. The number of hydrogen-bond donors (Lipinski definition) is 1. The smallest absolute Gasteiger partial charge is 0.244 e. The Morgan fingerprint density at radius 3 is 2.51 bits per heavy atom. The van der Waals surface area contributed by atoms with Crippen LogP contribution in [0.2, 0.25) is 0 Å². The molecular weight excluding hydrogens is 510 g/mol. The van der Waals surface area contributed by atoms with Gasteiger partial charge in [-0.25, -0.2) is 13.4 Å². The number of aromatic nitrogens is 5. The van der Waals surface area contributed by atoms with Crippen LogP contribution in [0.25, 0.3) is 21.8 Å². The van der Waals surface area contributed by atoms with E-state index in [0.717, 1.165) is 45.9 Å². The zero-order chi connectivity index (χ0) is 25.6. The molecule has 0 radical (unpaired) electrons. The molecule has 1 amide bonds. The van der Waals surface area contributed by atoms with Crippen molar-refractivity contribution in [1.82, 2.24) is 29.0 Å². The van der Waals surface area contributed by atoms with Crippen molar-refractivity contribution in [1.29, 1.82) is 0 Å². The second kappa shape index (κ2) is 9.43. The molecule has 1 N–H and O–H groups in total. The predicted molar refractivity (Wildman–Crippen MR) is 140 cm³/mol. The lowest BCUT2D eigenvalue weighted by molar-refractivity contribution is -0.114. The fourth-order valence-corrected chi connectivity index (χ4v) is 7.63. The van der Waals surface area contributed by atoms with E-state index >= 15 is 0 Å². The lowest BCUT2D eigenvalue weighted by Crippen LogP contribution is -2.39. The van der Waals surface area contributed by atoms with Crippen LogP contribution in [0.3, 0.4) is 0 Å². The summed E-state index contributed by atoms with van der Waals surface area (Å²) in [6, 6.07) is 7.15. The molecule has 1 aliphatic heterocycles. The van der Waals surface area contributed by atoms with Crippen LogP contribution in [0.1, 0.15) is 37.1 Å². The van der Waals surface area contributed by atoms with Crippen LogP contribution in [-0.2, 0) is 27.7 Å². The number of amides is 1. The third kappa shape index (κ3) is 4.34. The number of nitrogens with zero attached hydrogens (tertiary/aromatic N) is 6. The SMILES string of the molecule is CC(=O)Nc1nc2c(s1)-c1c(c(-c3cccnc3)nn1C1CCN(S(=O)(=O)c3cccnc3)CC1)CC2. The Hall–Kier alpha value is -3.48. The molecule has 12 heteroatoms. The van der Waals surface area contributed by atoms with E-state index in [2.05, 4.69) is 25.0 Å². The first-order valence-corrected chi connectivity index (χ1v) is 14.4. The topological polar surface area (TPSA) is 123 Å². The molecule has 5 heterocycles. The van der Waals surface area contributed by atoms with Gasteiger partial charge in [-0.2, -0.15) is 9.40 Å². The highest BCUT2D eigenvalue weighted by atomic mass is 32.2. The van der Waals surface area contributed by atoms with Crippen LogP contribution in [0, 0.1) is 0 Å². The van der Waals surface area contributed by atoms with Gasteiger partial charge in [-0.05, 0) is 49.9 Å². The summed E-state index contributed by atoms with van der Waals surface area (Å²) in [6.45, 7) is 2.26. The number of pyridine rings is 2. The number of thiazole rings is 1. The molecule has 1 aliphatic carbocycles. The summed E-state index contributed by atoms with van der Waals surface area (Å²) in [6.07, 6.45) is 9.33. The van der Waals surface area contributed by atoms with Crippen LogP contribution in [0.4, 0.5) is 5.13 Å². The van der Waals surface area contributed by atoms with Gasteiger partial charge in [0.2, 0.25) is 15.9 Å². The van der Waals surface area contributed by atoms with Crippen LogP contribution in [0.15, 0.2) is 53.9 Å². The number of piperidine rings is 1. The molecule has 0 bridgehead atoms. The van der Waals surface area contributed by atoms with Crippen molar-refractivity contribution in [3.05, 3.63) is 60.3 Å². The van der Waals surface area contributed by atoms with E-state index in [1.807, 2.05) is 18.3 Å². The molecule has 0 spiro atoms. The Bertz CT molecular complexity index is 1560. The maximum absolute atomic E-state index is 13.1. The van der Waals surface area contributed by atoms with Crippen LogP contribution >= 0.6 is 11.3 Å². The molecule has 2 aliphatic rings. The Labute approximate surface area is 218 Å². The molecule has 0 atom stereocenters. The number of carbonyl (C=O) groups excluding carboxylic acids is 1. The third-order valence-corrected chi connectivity index (χ3v) is 9.69. The van der Waals surface area contributed by atoms with Crippen molar-refractivity contribution in [3.8, 4) is 21.8 Å². The molecule has 37 heavy (non-hydrogen) atoms. The second-order valence-corrected chi connectivity index (χ2v) is 12.1. The molecule has 4 aromatic rings. The summed E-state index contributed by atoms with van der Waals surface area (Å²) in [5.41, 5.74) is 4.96. The fourth-order valence-electron chi connectivity index (χ4n) is 5.07. The van der Waals surface area contributed by atoms with Crippen molar-refractivity contribution in [2.75, 3.05) is 18.4 Å². The number of sulfonamides is 1. The summed E-state index contributed by atoms with van der Waals surface area (Å²) >= 11 is 1.46. The van der Waals surface area contributed by atoms with Crippen molar-refractivity contribution in [3.63, 3.8) is 0 Å². The Balaban J connectivity index is 1.36. The van der Waals surface area contributed by atoms with Gasteiger partial charge in [-0.1, -0.05) is 11.3 Å². The monoisotopic (exact) mass is 535 g/mol. The van der Waals surface area contributed by atoms with Crippen molar-refractivity contribution >= 4 is 32.4 Å². The minimum absolute atomic E-state index is 0.0248. The number of nitrogens with one attached hydrogen (secondary N) is 1. The van der Waals surface area contributed by atoms with E-state index in [0.29, 0.717) is 31.1 Å². The highest BCUT2D eigenvalue weighted by molar-refractivity contribution is 7.89. The van der Waals surface area contributed by atoms with Gasteiger partial charge in [0.05, 0.1) is 28.0 Å². The Morgan fingerprint density at radius 1 is 1.08 bits per heavy atom. The molecule has 190 valence electrons. The zero-order valence-electron chi connectivity index (χ0n) is 20.2. The molecule has 1 fully saturated rings. The van der Waals surface area contributed by atoms with Gasteiger partial charge in [0.25, 0.3) is 0 Å². The van der Waals surface area contributed by atoms with Gasteiger partial charge in [-0.15, -0.1) is 0 Å². The van der Waals surface area contributed by atoms with Gasteiger partial charge < -0.3 is 5.32 Å². The van der Waals surface area contributed by atoms with Crippen molar-refractivity contribution in [2.24, 2.45) is 0 Å². The van der Waals surface area contributed by atoms with E-state index in [1.54, 1.807) is 24.5 Å². The number of carbonyl (C=O) groups is 1. The van der Waals surface area contributed by atoms with Crippen molar-refractivity contribution in [2.45, 2.75) is 43.5 Å². The Kier molecular flexibility index (Phi) is 6.09. The quantitative estimate of drug-likeness (QED) is 0.415. The minimum Gasteiger partial charge on any atom is -0.302 e. The van der Waals surface area contributed by atoms with E-state index in [4.69, 9.17) is 5.10 Å². The molecule has 0 saturated carbocycles. The maximum atomic E-state index is 13.1. The summed E-state index contributed by atoms with van der Waals surface area (Å²) in [4.78, 5) is 25.8. The molecule has 10 nitrogen and oxygen atoms in total. The first-order valence-electron chi connectivity index (χ1n) is 12.1. The first kappa shape index (κ1) is 23.9.